The van der Waals surface area contributed by atoms with E-state index in [1.807, 2.05) is 12.1 Å². The van der Waals surface area contributed by atoms with Gasteiger partial charge in [0.15, 0.2) is 0 Å². The molecule has 2 aromatic heterocycles. The van der Waals surface area contributed by atoms with Crippen LogP contribution in [0.25, 0.3) is 11.0 Å². The lowest BCUT2D eigenvalue weighted by Gasteiger charge is -2.36. The van der Waals surface area contributed by atoms with Crippen molar-refractivity contribution >= 4 is 16.9 Å². The van der Waals surface area contributed by atoms with E-state index in [4.69, 9.17) is 9.72 Å². The van der Waals surface area contributed by atoms with Crippen molar-refractivity contribution in [3.05, 3.63) is 47.9 Å². The van der Waals surface area contributed by atoms with Crippen LogP contribution in [0.15, 0.2) is 36.5 Å². The van der Waals surface area contributed by atoms with Gasteiger partial charge in [-0.25, -0.2) is 9.97 Å². The molecule has 0 bridgehead atoms. The van der Waals surface area contributed by atoms with Gasteiger partial charge in [-0.05, 0) is 31.0 Å². The van der Waals surface area contributed by atoms with Gasteiger partial charge in [-0.2, -0.15) is 0 Å². The van der Waals surface area contributed by atoms with Crippen LogP contribution in [-0.2, 0) is 13.0 Å². The number of aromatic nitrogens is 3. The fourth-order valence-electron chi connectivity index (χ4n) is 4.20. The normalized spacial score (nSPS) is 17.4. The van der Waals surface area contributed by atoms with E-state index in [2.05, 4.69) is 25.8 Å². The Bertz CT molecular complexity index is 1040. The van der Waals surface area contributed by atoms with Crippen molar-refractivity contribution in [2.24, 2.45) is 0 Å². The molecule has 0 spiro atoms. The molecule has 29 heavy (non-hydrogen) atoms. The lowest BCUT2D eigenvalue weighted by Crippen LogP contribution is -2.41. The highest BCUT2D eigenvalue weighted by Gasteiger charge is 2.27. The molecule has 150 valence electrons. The van der Waals surface area contributed by atoms with E-state index in [1.165, 1.54) is 25.5 Å². The Labute approximate surface area is 169 Å². The van der Waals surface area contributed by atoms with E-state index in [-0.39, 0.29) is 5.91 Å². The maximum Gasteiger partial charge on any atom is 0.252 e. The second-order valence-electron chi connectivity index (χ2n) is 7.77. The molecule has 5 rings (SSSR count). The molecule has 3 aromatic rings. The minimum Gasteiger partial charge on any atom is -0.439 e. The Hall–Kier alpha value is -2.93. The Morgan fingerprint density at radius 2 is 2.07 bits per heavy atom. The van der Waals surface area contributed by atoms with Crippen LogP contribution in [0.4, 0.5) is 0 Å². The molecular formula is C22H25N5O2. The maximum absolute atomic E-state index is 11.6. The number of carbonyl (C=O) groups is 1. The molecule has 1 aliphatic carbocycles. The third kappa shape index (κ3) is 3.46. The number of imidazole rings is 1. The summed E-state index contributed by atoms with van der Waals surface area (Å²) >= 11 is 0. The molecule has 0 radical (unpaired) electrons. The van der Waals surface area contributed by atoms with E-state index in [9.17, 15) is 4.79 Å². The molecular weight excluding hydrogens is 366 g/mol. The third-order valence-corrected chi connectivity index (χ3v) is 6.07. The molecule has 1 aliphatic heterocycles. The van der Waals surface area contributed by atoms with Gasteiger partial charge in [0, 0.05) is 57.5 Å². The molecule has 1 aromatic carbocycles. The van der Waals surface area contributed by atoms with E-state index in [0.717, 1.165) is 49.0 Å². The minimum atomic E-state index is -0.166. The quantitative estimate of drug-likeness (QED) is 0.740. The van der Waals surface area contributed by atoms with Crippen LogP contribution in [0.5, 0.6) is 11.6 Å². The molecule has 2 aliphatic rings. The van der Waals surface area contributed by atoms with Crippen LogP contribution in [0.3, 0.4) is 0 Å². The van der Waals surface area contributed by atoms with Crippen LogP contribution in [0, 0.1) is 0 Å². The fraction of sp³-hybridized carbons (Fsp3) is 0.409. The zero-order chi connectivity index (χ0) is 19.8. The van der Waals surface area contributed by atoms with E-state index >= 15 is 0 Å². The highest BCUT2D eigenvalue weighted by Crippen LogP contribution is 2.29. The van der Waals surface area contributed by atoms with Gasteiger partial charge >= 0.3 is 0 Å². The second-order valence-corrected chi connectivity index (χ2v) is 7.77. The molecule has 1 saturated carbocycles. The number of fused-ring (bicyclic) bond motifs is 3. The largest absolute Gasteiger partial charge is 0.439 e. The summed E-state index contributed by atoms with van der Waals surface area (Å²) in [4.78, 5) is 23.4. The van der Waals surface area contributed by atoms with Gasteiger partial charge in [0.05, 0.1) is 16.6 Å². The monoisotopic (exact) mass is 391 g/mol. The molecule has 7 nitrogen and oxygen atoms in total. The fourth-order valence-corrected chi connectivity index (χ4v) is 4.20. The van der Waals surface area contributed by atoms with Gasteiger partial charge < -0.3 is 14.6 Å². The third-order valence-electron chi connectivity index (χ3n) is 6.07. The van der Waals surface area contributed by atoms with Crippen molar-refractivity contribution in [1.82, 2.24) is 24.8 Å². The number of hydrogen-bond donors (Lipinski definition) is 1. The van der Waals surface area contributed by atoms with Crippen LogP contribution >= 0.6 is 0 Å². The summed E-state index contributed by atoms with van der Waals surface area (Å²) in [6, 6.07) is 10.2. The smallest absolute Gasteiger partial charge is 0.252 e. The highest BCUT2D eigenvalue weighted by molar-refractivity contribution is 5.93. The van der Waals surface area contributed by atoms with E-state index < -0.39 is 0 Å². The molecule has 0 unspecified atom stereocenters. The Kier molecular flexibility index (Phi) is 4.67. The zero-order valence-electron chi connectivity index (χ0n) is 16.6. The summed E-state index contributed by atoms with van der Waals surface area (Å²) in [6.07, 6.45) is 6.58. The van der Waals surface area contributed by atoms with Crippen LogP contribution in [0.1, 0.15) is 35.4 Å². The van der Waals surface area contributed by atoms with Gasteiger partial charge in [0.2, 0.25) is 5.88 Å². The second kappa shape index (κ2) is 7.48. The average molecular weight is 391 g/mol. The standard InChI is InChI=1S/C22H25N5O2/c1-23-22(28)15-5-8-21(24-14-15)29-17-6-7-19-18(13-17)25-20-9-10-26(11-12-27(19)20)16-3-2-4-16/h5-8,13-14,16H,2-4,9-12H2,1H3,(H,23,28). The Morgan fingerprint density at radius 3 is 2.79 bits per heavy atom. The van der Waals surface area contributed by atoms with E-state index in [1.54, 1.807) is 19.2 Å². The number of carbonyl (C=O) groups excluding carboxylic acids is 1. The molecule has 7 heteroatoms. The lowest BCUT2D eigenvalue weighted by atomic mass is 9.91. The van der Waals surface area contributed by atoms with Crippen molar-refractivity contribution in [2.45, 2.75) is 38.3 Å². The summed E-state index contributed by atoms with van der Waals surface area (Å²) in [6.45, 7) is 3.19. The number of pyridine rings is 1. The first-order valence-corrected chi connectivity index (χ1v) is 10.3. The number of rotatable bonds is 4. The zero-order valence-corrected chi connectivity index (χ0v) is 16.6. The molecule has 0 saturated heterocycles. The van der Waals surface area contributed by atoms with Crippen LogP contribution in [0.2, 0.25) is 0 Å². The lowest BCUT2D eigenvalue weighted by molar-refractivity contribution is 0.0962. The Morgan fingerprint density at radius 1 is 1.17 bits per heavy atom. The first-order chi connectivity index (χ1) is 14.2. The van der Waals surface area contributed by atoms with Crippen molar-refractivity contribution in [1.29, 1.82) is 0 Å². The van der Waals surface area contributed by atoms with Crippen molar-refractivity contribution in [2.75, 3.05) is 20.1 Å². The number of ether oxygens (including phenoxy) is 1. The first-order valence-electron chi connectivity index (χ1n) is 10.3. The van der Waals surface area contributed by atoms with Crippen molar-refractivity contribution in [3.63, 3.8) is 0 Å². The summed E-state index contributed by atoms with van der Waals surface area (Å²) in [5.74, 6) is 2.14. The number of nitrogens with zero attached hydrogens (tertiary/aromatic N) is 4. The molecule has 0 atom stereocenters. The number of benzene rings is 1. The van der Waals surface area contributed by atoms with E-state index in [0.29, 0.717) is 17.2 Å². The van der Waals surface area contributed by atoms with Gasteiger partial charge in [-0.3, -0.25) is 9.69 Å². The SMILES string of the molecule is CNC(=O)c1ccc(Oc2ccc3c(c2)nc2n3CCN(C3CCC3)CC2)nc1. The average Bonchev–Trinajstić information content (AvgIpc) is 2.92. The van der Waals surface area contributed by atoms with Gasteiger partial charge in [0.25, 0.3) is 5.91 Å². The van der Waals surface area contributed by atoms with Gasteiger partial charge in [-0.15, -0.1) is 0 Å². The molecule has 1 fully saturated rings. The Balaban J connectivity index is 1.33. The van der Waals surface area contributed by atoms with Crippen molar-refractivity contribution < 1.29 is 9.53 Å². The minimum absolute atomic E-state index is 0.166. The number of amides is 1. The topological polar surface area (TPSA) is 72.3 Å². The predicted octanol–water partition coefficient (Wildman–Crippen LogP) is 2.99. The summed E-state index contributed by atoms with van der Waals surface area (Å²) in [5.41, 5.74) is 2.62. The van der Waals surface area contributed by atoms with Crippen LogP contribution < -0.4 is 10.1 Å². The van der Waals surface area contributed by atoms with Gasteiger partial charge in [-0.1, -0.05) is 6.42 Å². The number of hydrogen-bond acceptors (Lipinski definition) is 5. The molecule has 1 amide bonds. The van der Waals surface area contributed by atoms with Crippen LogP contribution in [-0.4, -0.2) is 51.5 Å². The molecule has 1 N–H and O–H groups in total. The first kappa shape index (κ1) is 18.1. The molecule has 3 heterocycles. The number of nitrogens with one attached hydrogen (secondary N) is 1. The summed E-state index contributed by atoms with van der Waals surface area (Å²) in [7, 11) is 1.60. The summed E-state index contributed by atoms with van der Waals surface area (Å²) < 4.78 is 8.24. The predicted molar refractivity (Wildman–Crippen MR) is 110 cm³/mol. The highest BCUT2D eigenvalue weighted by atomic mass is 16.5. The maximum atomic E-state index is 11.6. The van der Waals surface area contributed by atoms with Crippen molar-refractivity contribution in [3.8, 4) is 11.6 Å². The summed E-state index contributed by atoms with van der Waals surface area (Å²) in [5, 5.41) is 2.58. The van der Waals surface area contributed by atoms with Gasteiger partial charge in [0.1, 0.15) is 11.6 Å².